The molecule has 0 atom stereocenters. The molecule has 1 aromatic carbocycles. The van der Waals surface area contributed by atoms with E-state index in [-0.39, 0.29) is 3.79 Å². The second kappa shape index (κ2) is 6.37. The van der Waals surface area contributed by atoms with Gasteiger partial charge in [0.25, 0.3) is 0 Å². The maximum Gasteiger partial charge on any atom is 0.222 e. The summed E-state index contributed by atoms with van der Waals surface area (Å²) in [5, 5.41) is 0. The summed E-state index contributed by atoms with van der Waals surface area (Å²) in [5.74, 6) is 0. The van der Waals surface area contributed by atoms with E-state index in [1.807, 2.05) is 30.3 Å². The molecule has 0 aliphatic rings. The maximum atomic E-state index is 10.6. The normalized spacial score (nSPS) is 8.64. The third-order valence-corrected chi connectivity index (χ3v) is 2.05. The first-order chi connectivity index (χ1) is 6.80. The number of benzene rings is 1. The van der Waals surface area contributed by atoms with E-state index in [1.54, 1.807) is 47.2 Å². The minimum atomic E-state index is 0.0909. The van der Waals surface area contributed by atoms with Crippen molar-refractivity contribution < 1.29 is 9.21 Å². The Morgan fingerprint density at radius 1 is 1.00 bits per heavy atom. The van der Waals surface area contributed by atoms with Crippen molar-refractivity contribution in [3.63, 3.8) is 0 Å². The van der Waals surface area contributed by atoms with Gasteiger partial charge in [0.1, 0.15) is 0 Å². The number of carbonyl (C=O) groups excluding carboxylic acids is 1. The molecule has 0 fully saturated rings. The van der Waals surface area contributed by atoms with Crippen molar-refractivity contribution in [3.8, 4) is 0 Å². The zero-order chi connectivity index (χ0) is 10.2. The Morgan fingerprint density at radius 2 is 1.57 bits per heavy atom. The maximum absolute atomic E-state index is 10.6. The lowest BCUT2D eigenvalue weighted by Crippen LogP contribution is -1.83. The van der Waals surface area contributed by atoms with Crippen LogP contribution in [-0.2, 0) is 0 Å². The van der Waals surface area contributed by atoms with Crippen LogP contribution in [0.5, 0.6) is 0 Å². The first kappa shape index (κ1) is 11.0. The van der Waals surface area contributed by atoms with Gasteiger partial charge in [0.15, 0.2) is 0 Å². The molecule has 2 nitrogen and oxygen atoms in total. The Hall–Kier alpha value is -1.10. The van der Waals surface area contributed by atoms with Gasteiger partial charge in [-0.25, -0.2) is 0 Å². The fourth-order valence-corrected chi connectivity index (χ4v) is 1.16. The van der Waals surface area contributed by atoms with Gasteiger partial charge >= 0.3 is 0 Å². The van der Waals surface area contributed by atoms with Gasteiger partial charge in [-0.15, -0.1) is 0 Å². The van der Waals surface area contributed by atoms with E-state index in [1.165, 1.54) is 0 Å². The molecule has 0 saturated carbocycles. The van der Waals surface area contributed by atoms with Gasteiger partial charge in [-0.05, 0) is 12.1 Å². The zero-order valence-electron chi connectivity index (χ0n) is 7.39. The number of carbonyl (C=O) groups is 1. The van der Waals surface area contributed by atoms with Crippen molar-refractivity contribution in [1.82, 2.24) is 0 Å². The average molecular weight is 300 g/mol. The van der Waals surface area contributed by atoms with Crippen LogP contribution in [0.4, 0.5) is 0 Å². The van der Waals surface area contributed by atoms with Crippen LogP contribution in [0.15, 0.2) is 59.4 Å². The Labute approximate surface area is 96.1 Å². The van der Waals surface area contributed by atoms with Crippen molar-refractivity contribution in [1.29, 1.82) is 0 Å². The SMILES string of the molecule is O=C(I)c1ccccc1.c1ccoc1. The van der Waals surface area contributed by atoms with Crippen molar-refractivity contribution in [2.24, 2.45) is 0 Å². The lowest BCUT2D eigenvalue weighted by molar-refractivity contribution is 0.110. The predicted molar refractivity (Wildman–Crippen MR) is 63.5 cm³/mol. The summed E-state index contributed by atoms with van der Waals surface area (Å²) in [7, 11) is 0. The monoisotopic (exact) mass is 300 g/mol. The van der Waals surface area contributed by atoms with Crippen LogP contribution in [-0.4, -0.2) is 3.79 Å². The lowest BCUT2D eigenvalue weighted by atomic mass is 10.2. The molecule has 2 aromatic rings. The highest BCUT2D eigenvalue weighted by molar-refractivity contribution is 14.1. The van der Waals surface area contributed by atoms with Crippen LogP contribution in [0.3, 0.4) is 0 Å². The molecular formula is C11H9IO2. The minimum Gasteiger partial charge on any atom is -0.473 e. The molecule has 2 rings (SSSR count). The summed E-state index contributed by atoms with van der Waals surface area (Å²) in [5.41, 5.74) is 0.762. The number of halogens is 1. The largest absolute Gasteiger partial charge is 0.473 e. The minimum absolute atomic E-state index is 0.0909. The van der Waals surface area contributed by atoms with Crippen molar-refractivity contribution in [2.45, 2.75) is 0 Å². The van der Waals surface area contributed by atoms with E-state index in [4.69, 9.17) is 0 Å². The van der Waals surface area contributed by atoms with Crippen LogP contribution in [0.2, 0.25) is 0 Å². The molecule has 0 unspecified atom stereocenters. The van der Waals surface area contributed by atoms with Crippen LogP contribution in [0.25, 0.3) is 0 Å². The van der Waals surface area contributed by atoms with E-state index in [0.717, 1.165) is 5.56 Å². The van der Waals surface area contributed by atoms with Crippen LogP contribution in [0, 0.1) is 0 Å². The molecule has 0 aliphatic heterocycles. The highest BCUT2D eigenvalue weighted by Crippen LogP contribution is 2.03. The van der Waals surface area contributed by atoms with Gasteiger partial charge in [-0.1, -0.05) is 30.3 Å². The van der Waals surface area contributed by atoms with Gasteiger partial charge in [0.05, 0.1) is 12.5 Å². The molecule has 0 saturated heterocycles. The highest BCUT2D eigenvalue weighted by Gasteiger charge is 1.95. The second-order valence-electron chi connectivity index (χ2n) is 2.43. The summed E-state index contributed by atoms with van der Waals surface area (Å²) in [4.78, 5) is 10.6. The smallest absolute Gasteiger partial charge is 0.222 e. The zero-order valence-corrected chi connectivity index (χ0v) is 9.55. The molecule has 1 aromatic heterocycles. The molecule has 72 valence electrons. The van der Waals surface area contributed by atoms with Crippen LogP contribution < -0.4 is 0 Å². The first-order valence-corrected chi connectivity index (χ1v) is 5.10. The molecule has 0 bridgehead atoms. The number of rotatable bonds is 1. The summed E-state index contributed by atoms with van der Waals surface area (Å²) in [6, 6.07) is 12.9. The topological polar surface area (TPSA) is 30.2 Å². The van der Waals surface area contributed by atoms with Crippen LogP contribution >= 0.6 is 22.6 Å². The summed E-state index contributed by atoms with van der Waals surface area (Å²) in [6.07, 6.45) is 3.25. The van der Waals surface area contributed by atoms with Gasteiger partial charge in [0, 0.05) is 28.2 Å². The van der Waals surface area contributed by atoms with E-state index in [2.05, 4.69) is 4.42 Å². The lowest BCUT2D eigenvalue weighted by Gasteiger charge is -1.87. The fraction of sp³-hybridized carbons (Fsp3) is 0. The summed E-state index contributed by atoms with van der Waals surface area (Å²) in [6.45, 7) is 0. The molecule has 0 amide bonds. The average Bonchev–Trinajstić information content (AvgIpc) is 2.77. The fourth-order valence-electron chi connectivity index (χ4n) is 0.796. The Kier molecular flexibility index (Phi) is 4.99. The third kappa shape index (κ3) is 4.23. The van der Waals surface area contributed by atoms with E-state index in [0.29, 0.717) is 0 Å². The summed E-state index contributed by atoms with van der Waals surface area (Å²) < 4.78 is 4.67. The predicted octanol–water partition coefficient (Wildman–Crippen LogP) is 3.54. The summed E-state index contributed by atoms with van der Waals surface area (Å²) >= 11 is 1.77. The Balaban J connectivity index is 0.000000165. The van der Waals surface area contributed by atoms with E-state index in [9.17, 15) is 4.79 Å². The van der Waals surface area contributed by atoms with Gasteiger partial charge in [-0.3, -0.25) is 4.79 Å². The van der Waals surface area contributed by atoms with Crippen molar-refractivity contribution in [2.75, 3.05) is 0 Å². The standard InChI is InChI=1S/C7H5IO.C4H4O/c8-7(9)6-4-2-1-3-5-6;1-2-4-5-3-1/h1-5H;1-4H. The van der Waals surface area contributed by atoms with E-state index >= 15 is 0 Å². The number of hydrogen-bond donors (Lipinski definition) is 0. The van der Waals surface area contributed by atoms with E-state index < -0.39 is 0 Å². The number of furan rings is 1. The first-order valence-electron chi connectivity index (χ1n) is 4.03. The van der Waals surface area contributed by atoms with Crippen LogP contribution in [0.1, 0.15) is 10.4 Å². The molecule has 1 heterocycles. The van der Waals surface area contributed by atoms with Gasteiger partial charge in [-0.2, -0.15) is 0 Å². The van der Waals surface area contributed by atoms with Crippen molar-refractivity contribution in [3.05, 3.63) is 60.6 Å². The molecule has 0 radical (unpaired) electrons. The van der Waals surface area contributed by atoms with Gasteiger partial charge in [0.2, 0.25) is 3.79 Å². The second-order valence-corrected chi connectivity index (χ2v) is 3.41. The highest BCUT2D eigenvalue weighted by atomic mass is 127. The number of hydrogen-bond acceptors (Lipinski definition) is 2. The quantitative estimate of drug-likeness (QED) is 0.595. The molecule has 3 heteroatoms. The van der Waals surface area contributed by atoms with Gasteiger partial charge < -0.3 is 4.42 Å². The Bertz CT molecular complexity index is 337. The molecule has 0 N–H and O–H groups in total. The molecule has 0 spiro atoms. The molecule has 14 heavy (non-hydrogen) atoms. The molecule has 0 aliphatic carbocycles. The van der Waals surface area contributed by atoms with Crippen molar-refractivity contribution >= 4 is 26.4 Å². The Morgan fingerprint density at radius 3 is 1.86 bits per heavy atom. The molecular weight excluding hydrogens is 291 g/mol. The third-order valence-electron chi connectivity index (χ3n) is 1.43.